The van der Waals surface area contributed by atoms with E-state index in [1.807, 2.05) is 0 Å². The quantitative estimate of drug-likeness (QED) is 0.759. The molecule has 0 saturated carbocycles. The van der Waals surface area contributed by atoms with Crippen molar-refractivity contribution in [3.05, 3.63) is 58.1 Å². The lowest BCUT2D eigenvalue weighted by atomic mass is 10.1. The van der Waals surface area contributed by atoms with Gasteiger partial charge in [-0.1, -0.05) is 29.9 Å². The smallest absolute Gasteiger partial charge is 0.255 e. The maximum atomic E-state index is 12.3. The Kier molecular flexibility index (Phi) is 4.45. The highest BCUT2D eigenvalue weighted by atomic mass is 35.5. The van der Waals surface area contributed by atoms with Crippen LogP contribution in [-0.2, 0) is 0 Å². The molecule has 0 radical (unpaired) electrons. The van der Waals surface area contributed by atoms with Gasteiger partial charge < -0.3 is 16.2 Å². The van der Waals surface area contributed by atoms with Crippen molar-refractivity contribution in [3.63, 3.8) is 0 Å². The maximum Gasteiger partial charge on any atom is 0.255 e. The third kappa shape index (κ3) is 3.51. The van der Waals surface area contributed by atoms with Gasteiger partial charge in [0.2, 0.25) is 0 Å². The van der Waals surface area contributed by atoms with E-state index in [2.05, 4.69) is 5.32 Å². The number of hydrogen-bond donors (Lipinski definition) is 3. The molecule has 0 saturated heterocycles. The number of phenolic OH excluding ortho intramolecular Hbond substituents is 1. The average molecular weight is 321 g/mol. The first kappa shape index (κ1) is 15.3. The number of aromatic hydroxyl groups is 1. The van der Waals surface area contributed by atoms with Gasteiger partial charge >= 0.3 is 0 Å². The minimum absolute atomic E-state index is 0.109. The first-order valence-electron chi connectivity index (χ1n) is 6.09. The number of carbonyl (C=O) groups is 1. The standard InChI is InChI=1S/C15H13ClN2O2S/c1-8-6-10(19)3-4-11(8)15(20)18-13-7-9(14(17)21)2-5-12(13)16/h2-7,19H,1H3,(H2,17,21)(H,18,20). The minimum atomic E-state index is -0.325. The summed E-state index contributed by atoms with van der Waals surface area (Å²) < 4.78 is 0. The van der Waals surface area contributed by atoms with E-state index in [4.69, 9.17) is 29.6 Å². The highest BCUT2D eigenvalue weighted by Crippen LogP contribution is 2.24. The number of phenols is 1. The molecule has 0 unspecified atom stereocenters. The van der Waals surface area contributed by atoms with E-state index in [0.29, 0.717) is 27.4 Å². The van der Waals surface area contributed by atoms with Crippen LogP contribution >= 0.6 is 23.8 Å². The van der Waals surface area contributed by atoms with Crippen molar-refractivity contribution in [2.75, 3.05) is 5.32 Å². The molecular formula is C15H13ClN2O2S. The first-order valence-corrected chi connectivity index (χ1v) is 6.87. The SMILES string of the molecule is Cc1cc(O)ccc1C(=O)Nc1cc(C(N)=S)ccc1Cl. The molecule has 0 aliphatic carbocycles. The van der Waals surface area contributed by atoms with Crippen LogP contribution in [0.2, 0.25) is 5.02 Å². The van der Waals surface area contributed by atoms with Crippen LogP contribution in [0, 0.1) is 6.92 Å². The molecule has 0 aliphatic heterocycles. The van der Waals surface area contributed by atoms with Crippen molar-refractivity contribution in [3.8, 4) is 5.75 Å². The number of nitrogens with two attached hydrogens (primary N) is 1. The van der Waals surface area contributed by atoms with Crippen LogP contribution in [0.3, 0.4) is 0 Å². The Bertz CT molecular complexity index is 732. The number of halogens is 1. The summed E-state index contributed by atoms with van der Waals surface area (Å²) in [6, 6.07) is 9.45. The van der Waals surface area contributed by atoms with Gasteiger partial charge in [0.25, 0.3) is 5.91 Å². The maximum absolute atomic E-state index is 12.3. The van der Waals surface area contributed by atoms with Crippen LogP contribution in [0.5, 0.6) is 5.75 Å². The van der Waals surface area contributed by atoms with Gasteiger partial charge in [0.1, 0.15) is 10.7 Å². The zero-order chi connectivity index (χ0) is 15.6. The van der Waals surface area contributed by atoms with E-state index in [9.17, 15) is 9.90 Å². The van der Waals surface area contributed by atoms with Gasteiger partial charge in [0.05, 0.1) is 10.7 Å². The summed E-state index contributed by atoms with van der Waals surface area (Å²) in [5, 5.41) is 12.5. The second-order valence-corrected chi connectivity index (χ2v) is 5.36. The fourth-order valence-electron chi connectivity index (χ4n) is 1.87. The largest absolute Gasteiger partial charge is 0.508 e. The van der Waals surface area contributed by atoms with E-state index in [1.54, 1.807) is 31.2 Å². The third-order valence-corrected chi connectivity index (χ3v) is 3.52. The predicted octanol–water partition coefficient (Wildman–Crippen LogP) is 3.24. The van der Waals surface area contributed by atoms with E-state index in [0.717, 1.165) is 0 Å². The molecule has 21 heavy (non-hydrogen) atoms. The van der Waals surface area contributed by atoms with Gasteiger partial charge in [-0.3, -0.25) is 4.79 Å². The van der Waals surface area contributed by atoms with Gasteiger partial charge in [-0.25, -0.2) is 0 Å². The third-order valence-electron chi connectivity index (χ3n) is 2.95. The van der Waals surface area contributed by atoms with Crippen molar-refractivity contribution >= 4 is 40.4 Å². The highest BCUT2D eigenvalue weighted by Gasteiger charge is 2.12. The van der Waals surface area contributed by atoms with E-state index in [-0.39, 0.29) is 16.6 Å². The molecule has 0 atom stereocenters. The minimum Gasteiger partial charge on any atom is -0.508 e. The molecule has 0 heterocycles. The van der Waals surface area contributed by atoms with E-state index >= 15 is 0 Å². The Labute approximate surface area is 132 Å². The van der Waals surface area contributed by atoms with Gasteiger partial charge in [0.15, 0.2) is 0 Å². The topological polar surface area (TPSA) is 75.3 Å². The Morgan fingerprint density at radius 3 is 2.62 bits per heavy atom. The van der Waals surface area contributed by atoms with Gasteiger partial charge in [-0.2, -0.15) is 0 Å². The number of amides is 1. The summed E-state index contributed by atoms with van der Waals surface area (Å²) in [5.41, 5.74) is 7.72. The number of nitrogens with one attached hydrogen (secondary N) is 1. The number of hydrogen-bond acceptors (Lipinski definition) is 3. The first-order chi connectivity index (χ1) is 9.88. The normalized spacial score (nSPS) is 10.2. The van der Waals surface area contributed by atoms with Crippen LogP contribution in [0.25, 0.3) is 0 Å². The lowest BCUT2D eigenvalue weighted by molar-refractivity contribution is 0.102. The molecule has 4 nitrogen and oxygen atoms in total. The summed E-state index contributed by atoms with van der Waals surface area (Å²) in [5.74, 6) is -0.216. The molecule has 108 valence electrons. The van der Waals surface area contributed by atoms with Gasteiger partial charge in [-0.15, -0.1) is 0 Å². The lowest BCUT2D eigenvalue weighted by Gasteiger charge is -2.11. The summed E-state index contributed by atoms with van der Waals surface area (Å²) in [6.07, 6.45) is 0. The van der Waals surface area contributed by atoms with Crippen LogP contribution in [0.15, 0.2) is 36.4 Å². The Morgan fingerprint density at radius 1 is 1.29 bits per heavy atom. The highest BCUT2D eigenvalue weighted by molar-refractivity contribution is 7.80. The Hall–Kier alpha value is -2.11. The molecule has 1 amide bonds. The van der Waals surface area contributed by atoms with Crippen molar-refractivity contribution in [2.45, 2.75) is 6.92 Å². The summed E-state index contributed by atoms with van der Waals surface area (Å²) in [7, 11) is 0. The van der Waals surface area contributed by atoms with Crippen LogP contribution in [-0.4, -0.2) is 16.0 Å². The Balaban J connectivity index is 2.31. The number of carbonyl (C=O) groups excluding carboxylic acids is 1. The summed E-state index contributed by atoms with van der Waals surface area (Å²) in [6.45, 7) is 1.74. The molecule has 0 spiro atoms. The molecule has 4 N–H and O–H groups in total. The number of rotatable bonds is 3. The fourth-order valence-corrected chi connectivity index (χ4v) is 2.16. The van der Waals surface area contributed by atoms with E-state index < -0.39 is 0 Å². The van der Waals surface area contributed by atoms with Gasteiger partial charge in [-0.05, 0) is 42.8 Å². The van der Waals surface area contributed by atoms with Crippen molar-refractivity contribution in [2.24, 2.45) is 5.73 Å². The van der Waals surface area contributed by atoms with E-state index in [1.165, 1.54) is 12.1 Å². The zero-order valence-electron chi connectivity index (χ0n) is 11.2. The second kappa shape index (κ2) is 6.11. The monoisotopic (exact) mass is 320 g/mol. The molecule has 0 bridgehead atoms. The average Bonchev–Trinajstić information content (AvgIpc) is 2.40. The summed E-state index contributed by atoms with van der Waals surface area (Å²) in [4.78, 5) is 12.5. The number of anilines is 1. The molecule has 2 rings (SSSR count). The van der Waals surface area contributed by atoms with Crippen LogP contribution in [0.1, 0.15) is 21.5 Å². The van der Waals surface area contributed by atoms with Crippen molar-refractivity contribution < 1.29 is 9.90 Å². The molecule has 0 fully saturated rings. The van der Waals surface area contributed by atoms with Crippen LogP contribution in [0.4, 0.5) is 5.69 Å². The molecule has 2 aromatic carbocycles. The van der Waals surface area contributed by atoms with Crippen molar-refractivity contribution in [1.29, 1.82) is 0 Å². The molecule has 0 aliphatic rings. The van der Waals surface area contributed by atoms with Crippen molar-refractivity contribution in [1.82, 2.24) is 0 Å². The lowest BCUT2D eigenvalue weighted by Crippen LogP contribution is -2.15. The number of aryl methyl sites for hydroxylation is 1. The fraction of sp³-hybridized carbons (Fsp3) is 0.0667. The molecule has 2 aromatic rings. The van der Waals surface area contributed by atoms with Gasteiger partial charge in [0, 0.05) is 11.1 Å². The molecule has 0 aromatic heterocycles. The zero-order valence-corrected chi connectivity index (χ0v) is 12.8. The number of thiocarbonyl (C=S) groups is 1. The second-order valence-electron chi connectivity index (χ2n) is 4.51. The molecular weight excluding hydrogens is 308 g/mol. The Morgan fingerprint density at radius 2 is 2.00 bits per heavy atom. The summed E-state index contributed by atoms with van der Waals surface area (Å²) >= 11 is 11.0. The molecule has 6 heteroatoms. The number of benzene rings is 2. The van der Waals surface area contributed by atoms with Crippen LogP contribution < -0.4 is 11.1 Å². The predicted molar refractivity (Wildman–Crippen MR) is 88.1 cm³/mol.